The summed E-state index contributed by atoms with van der Waals surface area (Å²) in [5.74, 6) is 0.253. The molecular weight excluding hydrogens is 234 g/mol. The quantitative estimate of drug-likeness (QED) is 0.841. The van der Waals surface area contributed by atoms with Gasteiger partial charge in [-0.2, -0.15) is 0 Å². The Bertz CT molecular complexity index is 579. The van der Waals surface area contributed by atoms with Crippen LogP contribution >= 0.6 is 11.6 Å². The SMILES string of the molecule is Cc1ccc(C)c(-c2nc(N)nc(C)c2Cl)c1. The molecule has 0 fully saturated rings. The molecule has 2 aromatic rings. The van der Waals surface area contributed by atoms with Crippen LogP contribution in [0.4, 0.5) is 5.95 Å². The zero-order valence-electron chi connectivity index (χ0n) is 10.1. The Kier molecular flexibility index (Phi) is 3.03. The molecule has 3 nitrogen and oxygen atoms in total. The van der Waals surface area contributed by atoms with Gasteiger partial charge < -0.3 is 5.73 Å². The van der Waals surface area contributed by atoms with E-state index < -0.39 is 0 Å². The van der Waals surface area contributed by atoms with E-state index in [-0.39, 0.29) is 5.95 Å². The Balaban J connectivity index is 2.72. The Labute approximate surface area is 106 Å². The highest BCUT2D eigenvalue weighted by Gasteiger charge is 2.12. The molecule has 0 atom stereocenters. The van der Waals surface area contributed by atoms with Crippen molar-refractivity contribution in [1.29, 1.82) is 0 Å². The third-order valence-corrected chi connectivity index (χ3v) is 3.13. The van der Waals surface area contributed by atoms with Crippen molar-refractivity contribution in [3.63, 3.8) is 0 Å². The van der Waals surface area contributed by atoms with Crippen molar-refractivity contribution < 1.29 is 0 Å². The average Bonchev–Trinajstić information content (AvgIpc) is 2.27. The van der Waals surface area contributed by atoms with Crippen molar-refractivity contribution >= 4 is 17.5 Å². The Morgan fingerprint density at radius 3 is 2.53 bits per heavy atom. The number of nitrogens with zero attached hydrogens (tertiary/aromatic N) is 2. The molecule has 0 bridgehead atoms. The molecule has 0 aliphatic rings. The lowest BCUT2D eigenvalue weighted by atomic mass is 10.0. The number of nitrogens with two attached hydrogens (primary N) is 1. The van der Waals surface area contributed by atoms with Gasteiger partial charge in [-0.15, -0.1) is 0 Å². The van der Waals surface area contributed by atoms with E-state index in [1.54, 1.807) is 0 Å². The van der Waals surface area contributed by atoms with Gasteiger partial charge in [-0.1, -0.05) is 29.3 Å². The number of anilines is 1. The summed E-state index contributed by atoms with van der Waals surface area (Å²) in [5.41, 5.74) is 10.4. The predicted molar refractivity (Wildman–Crippen MR) is 71.1 cm³/mol. The fraction of sp³-hybridized carbons (Fsp3) is 0.231. The third-order valence-electron chi connectivity index (χ3n) is 2.68. The average molecular weight is 248 g/mol. The van der Waals surface area contributed by atoms with Gasteiger partial charge in [0, 0.05) is 5.56 Å². The van der Waals surface area contributed by atoms with Gasteiger partial charge in [0.05, 0.1) is 16.4 Å². The zero-order valence-corrected chi connectivity index (χ0v) is 10.8. The summed E-state index contributed by atoms with van der Waals surface area (Å²) in [6.07, 6.45) is 0. The van der Waals surface area contributed by atoms with E-state index in [0.717, 1.165) is 16.7 Å². The Morgan fingerprint density at radius 1 is 1.12 bits per heavy atom. The van der Waals surface area contributed by atoms with Gasteiger partial charge >= 0.3 is 0 Å². The summed E-state index contributed by atoms with van der Waals surface area (Å²) in [7, 11) is 0. The van der Waals surface area contributed by atoms with Crippen molar-refractivity contribution in [3.8, 4) is 11.3 Å². The Hall–Kier alpha value is -1.61. The van der Waals surface area contributed by atoms with Gasteiger partial charge in [-0.3, -0.25) is 0 Å². The molecule has 4 heteroatoms. The second kappa shape index (κ2) is 4.34. The standard InChI is InChI=1S/C13H14ClN3/c1-7-4-5-8(2)10(6-7)12-11(14)9(3)16-13(15)17-12/h4-6H,1-3H3,(H2,15,16,17). The van der Waals surface area contributed by atoms with Gasteiger partial charge in [-0.25, -0.2) is 9.97 Å². The summed E-state index contributed by atoms with van der Waals surface area (Å²) in [6.45, 7) is 5.89. The van der Waals surface area contributed by atoms with Crippen LogP contribution in [0.5, 0.6) is 0 Å². The van der Waals surface area contributed by atoms with E-state index in [1.165, 1.54) is 0 Å². The van der Waals surface area contributed by atoms with Crippen LogP contribution in [-0.2, 0) is 0 Å². The molecule has 1 aromatic heterocycles. The highest BCUT2D eigenvalue weighted by molar-refractivity contribution is 6.33. The fourth-order valence-electron chi connectivity index (χ4n) is 1.75. The predicted octanol–water partition coefficient (Wildman–Crippen LogP) is 3.30. The monoisotopic (exact) mass is 247 g/mol. The first-order valence-corrected chi connectivity index (χ1v) is 5.74. The molecule has 0 aliphatic heterocycles. The lowest BCUT2D eigenvalue weighted by Crippen LogP contribution is -2.01. The van der Waals surface area contributed by atoms with Gasteiger partial charge in [0.25, 0.3) is 0 Å². The molecule has 88 valence electrons. The van der Waals surface area contributed by atoms with E-state index >= 15 is 0 Å². The maximum atomic E-state index is 6.24. The van der Waals surface area contributed by atoms with E-state index in [0.29, 0.717) is 16.4 Å². The van der Waals surface area contributed by atoms with E-state index in [1.807, 2.05) is 20.8 Å². The lowest BCUT2D eigenvalue weighted by molar-refractivity contribution is 1.12. The molecule has 0 unspecified atom stereocenters. The van der Waals surface area contributed by atoms with Gasteiger partial charge in [0.1, 0.15) is 0 Å². The maximum Gasteiger partial charge on any atom is 0.220 e. The fourth-order valence-corrected chi connectivity index (χ4v) is 1.94. The second-order valence-corrected chi connectivity index (χ2v) is 4.53. The number of benzene rings is 1. The largest absolute Gasteiger partial charge is 0.368 e. The minimum Gasteiger partial charge on any atom is -0.368 e. The Morgan fingerprint density at radius 2 is 1.82 bits per heavy atom. The molecule has 0 saturated carbocycles. The molecule has 0 spiro atoms. The van der Waals surface area contributed by atoms with Crippen molar-refractivity contribution in [2.75, 3.05) is 5.73 Å². The summed E-state index contributed by atoms with van der Waals surface area (Å²) >= 11 is 6.24. The van der Waals surface area contributed by atoms with Crippen LogP contribution in [0.1, 0.15) is 16.8 Å². The van der Waals surface area contributed by atoms with Crippen LogP contribution in [-0.4, -0.2) is 9.97 Å². The van der Waals surface area contributed by atoms with Crippen LogP contribution in [0, 0.1) is 20.8 Å². The first-order valence-electron chi connectivity index (χ1n) is 5.36. The first kappa shape index (κ1) is 11.9. The van der Waals surface area contributed by atoms with Gasteiger partial charge in [0.15, 0.2) is 0 Å². The van der Waals surface area contributed by atoms with Crippen molar-refractivity contribution in [2.45, 2.75) is 20.8 Å². The lowest BCUT2D eigenvalue weighted by Gasteiger charge is -2.10. The molecule has 2 N–H and O–H groups in total. The molecule has 0 aliphatic carbocycles. The summed E-state index contributed by atoms with van der Waals surface area (Å²) in [5, 5.41) is 0.563. The van der Waals surface area contributed by atoms with Crippen molar-refractivity contribution in [2.24, 2.45) is 0 Å². The van der Waals surface area contributed by atoms with E-state index in [9.17, 15) is 0 Å². The van der Waals surface area contributed by atoms with E-state index in [4.69, 9.17) is 17.3 Å². The zero-order chi connectivity index (χ0) is 12.6. The minimum atomic E-state index is 0.253. The molecule has 1 aromatic carbocycles. The summed E-state index contributed by atoms with van der Waals surface area (Å²) < 4.78 is 0. The topological polar surface area (TPSA) is 51.8 Å². The first-order chi connectivity index (χ1) is 7.99. The van der Waals surface area contributed by atoms with Gasteiger partial charge in [0.2, 0.25) is 5.95 Å². The van der Waals surface area contributed by atoms with Crippen molar-refractivity contribution in [1.82, 2.24) is 9.97 Å². The highest BCUT2D eigenvalue weighted by Crippen LogP contribution is 2.31. The molecule has 0 radical (unpaired) electrons. The maximum absolute atomic E-state index is 6.24. The number of nitrogen functional groups attached to an aromatic ring is 1. The summed E-state index contributed by atoms with van der Waals surface area (Å²) in [6, 6.07) is 6.17. The molecule has 2 rings (SSSR count). The van der Waals surface area contributed by atoms with Crippen LogP contribution in [0.25, 0.3) is 11.3 Å². The summed E-state index contributed by atoms with van der Waals surface area (Å²) in [4.78, 5) is 8.29. The number of hydrogen-bond donors (Lipinski definition) is 1. The third kappa shape index (κ3) is 2.24. The van der Waals surface area contributed by atoms with Crippen LogP contribution in [0.2, 0.25) is 5.02 Å². The molecular formula is C13H14ClN3. The van der Waals surface area contributed by atoms with Crippen LogP contribution in [0.3, 0.4) is 0 Å². The van der Waals surface area contributed by atoms with Crippen LogP contribution in [0.15, 0.2) is 18.2 Å². The van der Waals surface area contributed by atoms with Crippen LogP contribution < -0.4 is 5.73 Å². The normalized spacial score (nSPS) is 10.6. The number of halogens is 1. The number of hydrogen-bond acceptors (Lipinski definition) is 3. The second-order valence-electron chi connectivity index (χ2n) is 4.15. The molecule has 1 heterocycles. The number of rotatable bonds is 1. The highest BCUT2D eigenvalue weighted by atomic mass is 35.5. The van der Waals surface area contributed by atoms with Crippen molar-refractivity contribution in [3.05, 3.63) is 40.0 Å². The smallest absolute Gasteiger partial charge is 0.220 e. The minimum absolute atomic E-state index is 0.253. The number of aryl methyl sites for hydroxylation is 3. The molecule has 0 amide bonds. The van der Waals surface area contributed by atoms with E-state index in [2.05, 4.69) is 28.2 Å². The molecule has 17 heavy (non-hydrogen) atoms. The van der Waals surface area contributed by atoms with Gasteiger partial charge in [-0.05, 0) is 32.4 Å². The number of aromatic nitrogens is 2. The molecule has 0 saturated heterocycles.